The lowest BCUT2D eigenvalue weighted by atomic mass is 10.0. The first-order valence-corrected chi connectivity index (χ1v) is 7.96. The van der Waals surface area contributed by atoms with Crippen molar-refractivity contribution in [2.24, 2.45) is 0 Å². The van der Waals surface area contributed by atoms with Gasteiger partial charge in [0.15, 0.2) is 5.78 Å². The smallest absolute Gasteiger partial charge is 0.175 e. The molecule has 0 radical (unpaired) electrons. The number of rotatable bonds is 4. The number of Topliss-reactive ketones (excluding diaryl/α,β-unsaturated/α-hetero) is 1. The number of hydrogen-bond acceptors (Lipinski definition) is 3. The summed E-state index contributed by atoms with van der Waals surface area (Å²) in [5.74, 6) is 0.0670. The Balaban J connectivity index is 2.06. The standard InChI is InChI=1S/C15H20O3S/c1-10-4-5-13(11(2)8-10)14(16)9-19(17)15-6-7-18-12(15)3/h4-5,8,12,15H,6-7,9H2,1-3H3. The van der Waals surface area contributed by atoms with Crippen molar-refractivity contribution in [3.8, 4) is 0 Å². The van der Waals surface area contributed by atoms with Crippen LogP contribution >= 0.6 is 0 Å². The molecule has 1 aromatic rings. The average Bonchev–Trinajstić information content (AvgIpc) is 2.75. The van der Waals surface area contributed by atoms with Crippen molar-refractivity contribution in [3.05, 3.63) is 34.9 Å². The van der Waals surface area contributed by atoms with Crippen LogP contribution in [0.5, 0.6) is 0 Å². The minimum Gasteiger partial charge on any atom is -0.377 e. The van der Waals surface area contributed by atoms with E-state index < -0.39 is 10.8 Å². The predicted octanol–water partition coefficient (Wildman–Crippen LogP) is 2.41. The molecule has 2 rings (SSSR count). The van der Waals surface area contributed by atoms with Gasteiger partial charge in [-0.1, -0.05) is 23.8 Å². The molecule has 3 atom stereocenters. The van der Waals surface area contributed by atoms with E-state index in [0.29, 0.717) is 12.2 Å². The van der Waals surface area contributed by atoms with Gasteiger partial charge in [0.2, 0.25) is 0 Å². The van der Waals surface area contributed by atoms with Gasteiger partial charge in [0.05, 0.1) is 17.1 Å². The lowest BCUT2D eigenvalue weighted by molar-refractivity contribution is 0.102. The number of carbonyl (C=O) groups is 1. The molecule has 104 valence electrons. The molecule has 3 unspecified atom stereocenters. The summed E-state index contributed by atoms with van der Waals surface area (Å²) in [6, 6.07) is 5.74. The van der Waals surface area contributed by atoms with Crippen LogP contribution in [0.2, 0.25) is 0 Å². The fraction of sp³-hybridized carbons (Fsp3) is 0.533. The maximum Gasteiger partial charge on any atom is 0.175 e. The summed E-state index contributed by atoms with van der Waals surface area (Å²) in [6.45, 7) is 6.49. The van der Waals surface area contributed by atoms with Crippen molar-refractivity contribution in [1.29, 1.82) is 0 Å². The summed E-state index contributed by atoms with van der Waals surface area (Å²) in [4.78, 5) is 12.2. The van der Waals surface area contributed by atoms with Crippen molar-refractivity contribution < 1.29 is 13.7 Å². The average molecular weight is 280 g/mol. The molecule has 1 heterocycles. The summed E-state index contributed by atoms with van der Waals surface area (Å²) in [6.07, 6.45) is 0.779. The van der Waals surface area contributed by atoms with Crippen molar-refractivity contribution in [3.63, 3.8) is 0 Å². The molecule has 0 aliphatic carbocycles. The van der Waals surface area contributed by atoms with E-state index >= 15 is 0 Å². The molecule has 0 amide bonds. The van der Waals surface area contributed by atoms with Crippen LogP contribution in [-0.4, -0.2) is 33.7 Å². The lowest BCUT2D eigenvalue weighted by Gasteiger charge is -2.13. The summed E-state index contributed by atoms with van der Waals surface area (Å²) >= 11 is 0. The van der Waals surface area contributed by atoms with E-state index in [9.17, 15) is 9.00 Å². The van der Waals surface area contributed by atoms with Gasteiger partial charge in [0.1, 0.15) is 0 Å². The van der Waals surface area contributed by atoms with E-state index in [1.54, 1.807) is 0 Å². The number of carbonyl (C=O) groups excluding carboxylic acids is 1. The van der Waals surface area contributed by atoms with Gasteiger partial charge in [0.25, 0.3) is 0 Å². The molecule has 4 heteroatoms. The van der Waals surface area contributed by atoms with Crippen molar-refractivity contribution >= 4 is 16.6 Å². The van der Waals surface area contributed by atoms with E-state index in [1.807, 2.05) is 39.0 Å². The highest BCUT2D eigenvalue weighted by Gasteiger charge is 2.30. The molecule has 1 aliphatic rings. The third-order valence-electron chi connectivity index (χ3n) is 3.60. The Labute approximate surface area is 116 Å². The van der Waals surface area contributed by atoms with E-state index in [4.69, 9.17) is 4.74 Å². The summed E-state index contributed by atoms with van der Waals surface area (Å²) < 4.78 is 17.6. The second kappa shape index (κ2) is 5.97. The zero-order valence-electron chi connectivity index (χ0n) is 11.6. The summed E-state index contributed by atoms with van der Waals surface area (Å²) in [5, 5.41) is -0.00490. The molecule has 0 saturated carbocycles. The molecular weight excluding hydrogens is 260 g/mol. The van der Waals surface area contributed by atoms with E-state index in [0.717, 1.165) is 17.5 Å². The zero-order valence-corrected chi connectivity index (χ0v) is 12.5. The quantitative estimate of drug-likeness (QED) is 0.796. The fourth-order valence-corrected chi connectivity index (χ4v) is 3.99. The topological polar surface area (TPSA) is 43.4 Å². The number of hydrogen-bond donors (Lipinski definition) is 0. The normalized spacial score (nSPS) is 24.4. The SMILES string of the molecule is Cc1ccc(C(=O)CS(=O)C2CCOC2C)c(C)c1. The first kappa shape index (κ1) is 14.4. The number of ether oxygens (including phenoxy) is 1. The predicted molar refractivity (Wildman–Crippen MR) is 77.1 cm³/mol. The largest absolute Gasteiger partial charge is 0.377 e. The van der Waals surface area contributed by atoms with Crippen LogP contribution in [0.4, 0.5) is 0 Å². The molecule has 1 fully saturated rings. The summed E-state index contributed by atoms with van der Waals surface area (Å²) in [5.41, 5.74) is 2.77. The zero-order chi connectivity index (χ0) is 14.0. The molecule has 0 spiro atoms. The van der Waals surface area contributed by atoms with Gasteiger partial charge < -0.3 is 4.74 Å². The molecule has 19 heavy (non-hydrogen) atoms. The number of aryl methyl sites for hydroxylation is 2. The first-order valence-electron chi connectivity index (χ1n) is 6.58. The lowest BCUT2D eigenvalue weighted by Crippen LogP contribution is -2.28. The van der Waals surface area contributed by atoms with Crippen LogP contribution in [0.25, 0.3) is 0 Å². The highest BCUT2D eigenvalue weighted by Crippen LogP contribution is 2.20. The van der Waals surface area contributed by atoms with Crippen LogP contribution in [0.3, 0.4) is 0 Å². The van der Waals surface area contributed by atoms with Crippen LogP contribution < -0.4 is 0 Å². The Morgan fingerprint density at radius 3 is 2.74 bits per heavy atom. The Hall–Kier alpha value is -1.00. The molecule has 0 bridgehead atoms. The first-order chi connectivity index (χ1) is 8.99. The molecule has 1 aliphatic heterocycles. The maximum atomic E-state index is 12.2. The van der Waals surface area contributed by atoms with E-state index in [2.05, 4.69) is 0 Å². The van der Waals surface area contributed by atoms with Gasteiger partial charge in [-0.05, 0) is 32.8 Å². The van der Waals surface area contributed by atoms with Gasteiger partial charge >= 0.3 is 0 Å². The molecule has 1 saturated heterocycles. The van der Waals surface area contributed by atoms with E-state index in [1.165, 1.54) is 0 Å². The summed E-state index contributed by atoms with van der Waals surface area (Å²) in [7, 11) is -1.14. The molecule has 1 aromatic carbocycles. The molecule has 3 nitrogen and oxygen atoms in total. The van der Waals surface area contributed by atoms with Crippen LogP contribution in [0.15, 0.2) is 18.2 Å². The van der Waals surface area contributed by atoms with Crippen molar-refractivity contribution in [2.75, 3.05) is 12.4 Å². The Morgan fingerprint density at radius 1 is 1.42 bits per heavy atom. The van der Waals surface area contributed by atoms with Crippen molar-refractivity contribution in [2.45, 2.75) is 38.5 Å². The van der Waals surface area contributed by atoms with Gasteiger partial charge in [-0.2, -0.15) is 0 Å². The van der Waals surface area contributed by atoms with Gasteiger partial charge in [0, 0.05) is 23.0 Å². The van der Waals surface area contributed by atoms with Gasteiger partial charge in [-0.3, -0.25) is 9.00 Å². The van der Waals surface area contributed by atoms with Gasteiger partial charge in [-0.25, -0.2) is 0 Å². The highest BCUT2D eigenvalue weighted by atomic mass is 32.2. The fourth-order valence-electron chi connectivity index (χ4n) is 2.50. The third-order valence-corrected chi connectivity index (χ3v) is 5.44. The Kier molecular flexibility index (Phi) is 4.53. The van der Waals surface area contributed by atoms with Gasteiger partial charge in [-0.15, -0.1) is 0 Å². The number of benzene rings is 1. The monoisotopic (exact) mass is 280 g/mol. The Morgan fingerprint density at radius 2 is 2.16 bits per heavy atom. The number of ketones is 1. The molecular formula is C15H20O3S. The van der Waals surface area contributed by atoms with E-state index in [-0.39, 0.29) is 22.9 Å². The van der Waals surface area contributed by atoms with Crippen LogP contribution in [0, 0.1) is 13.8 Å². The minimum absolute atomic E-state index is 0.00490. The Bertz CT molecular complexity index is 510. The third kappa shape index (κ3) is 3.31. The molecule has 0 aromatic heterocycles. The van der Waals surface area contributed by atoms with Crippen LogP contribution in [0.1, 0.15) is 34.8 Å². The minimum atomic E-state index is -1.14. The van der Waals surface area contributed by atoms with Crippen molar-refractivity contribution in [1.82, 2.24) is 0 Å². The maximum absolute atomic E-state index is 12.2. The van der Waals surface area contributed by atoms with Crippen LogP contribution in [-0.2, 0) is 15.5 Å². The molecule has 0 N–H and O–H groups in total. The highest BCUT2D eigenvalue weighted by molar-refractivity contribution is 7.86. The second-order valence-electron chi connectivity index (χ2n) is 5.17. The second-order valence-corrected chi connectivity index (χ2v) is 6.83.